The van der Waals surface area contributed by atoms with Gasteiger partial charge in [-0.1, -0.05) is 49.4 Å². The van der Waals surface area contributed by atoms with Crippen molar-refractivity contribution in [3.8, 4) is 0 Å². The van der Waals surface area contributed by atoms with Gasteiger partial charge in [-0.15, -0.1) is 0 Å². The molecule has 0 saturated carbocycles. The maximum Gasteiger partial charge on any atom is 0.123 e. The van der Waals surface area contributed by atoms with Crippen LogP contribution in [-0.4, -0.2) is 11.4 Å². The van der Waals surface area contributed by atoms with E-state index in [1.807, 2.05) is 18.2 Å². The molecule has 0 bridgehead atoms. The number of rotatable bonds is 5. The molecule has 1 nitrogen and oxygen atoms in total. The molecule has 2 aromatic carbocycles. The van der Waals surface area contributed by atoms with Crippen molar-refractivity contribution in [1.29, 1.82) is 0 Å². The highest BCUT2D eigenvalue weighted by atomic mass is 19.1. The Labute approximate surface area is 114 Å². The molecule has 0 N–H and O–H groups in total. The molecule has 0 amide bonds. The van der Waals surface area contributed by atoms with Gasteiger partial charge in [-0.3, -0.25) is 4.90 Å². The highest BCUT2D eigenvalue weighted by molar-refractivity contribution is 5.20. The zero-order valence-corrected chi connectivity index (χ0v) is 11.5. The largest absolute Gasteiger partial charge is 0.293 e. The van der Waals surface area contributed by atoms with Crippen LogP contribution in [0.1, 0.15) is 31.0 Å². The summed E-state index contributed by atoms with van der Waals surface area (Å²) in [7, 11) is 0. The molecule has 0 saturated heterocycles. The Morgan fingerprint density at radius 2 is 1.63 bits per heavy atom. The number of hydrogen-bond donors (Lipinski definition) is 0. The highest BCUT2D eigenvalue weighted by Crippen LogP contribution is 2.22. The number of nitrogens with zero attached hydrogens (tertiary/aromatic N) is 1. The molecule has 0 aliphatic heterocycles. The lowest BCUT2D eigenvalue weighted by atomic mass is 10.1. The van der Waals surface area contributed by atoms with Crippen LogP contribution in [0.4, 0.5) is 4.39 Å². The zero-order valence-electron chi connectivity index (χ0n) is 11.5. The van der Waals surface area contributed by atoms with Crippen LogP contribution in [0.3, 0.4) is 0 Å². The van der Waals surface area contributed by atoms with Gasteiger partial charge < -0.3 is 0 Å². The molecule has 0 radical (unpaired) electrons. The van der Waals surface area contributed by atoms with E-state index in [1.165, 1.54) is 17.7 Å². The summed E-state index contributed by atoms with van der Waals surface area (Å²) >= 11 is 0. The topological polar surface area (TPSA) is 3.24 Å². The summed E-state index contributed by atoms with van der Waals surface area (Å²) < 4.78 is 13.0. The Morgan fingerprint density at radius 3 is 2.21 bits per heavy atom. The molecule has 0 aliphatic rings. The van der Waals surface area contributed by atoms with Crippen molar-refractivity contribution in [3.05, 3.63) is 71.5 Å². The first-order valence-corrected chi connectivity index (χ1v) is 6.74. The lowest BCUT2D eigenvalue weighted by Crippen LogP contribution is -2.26. The zero-order chi connectivity index (χ0) is 13.7. The number of hydrogen-bond acceptors (Lipinski definition) is 1. The Kier molecular flexibility index (Phi) is 4.69. The minimum absolute atomic E-state index is 0.179. The van der Waals surface area contributed by atoms with Crippen LogP contribution in [0.2, 0.25) is 0 Å². The second-order valence-corrected chi connectivity index (χ2v) is 4.78. The summed E-state index contributed by atoms with van der Waals surface area (Å²) in [5.74, 6) is -0.179. The molecule has 0 aliphatic carbocycles. The van der Waals surface area contributed by atoms with Crippen LogP contribution >= 0.6 is 0 Å². The van der Waals surface area contributed by atoms with E-state index in [2.05, 4.69) is 43.0 Å². The summed E-state index contributed by atoms with van der Waals surface area (Å²) in [4.78, 5) is 2.38. The van der Waals surface area contributed by atoms with E-state index < -0.39 is 0 Å². The summed E-state index contributed by atoms with van der Waals surface area (Å²) in [5, 5.41) is 0. The molecular formula is C17H20FN. The first-order chi connectivity index (χ1) is 9.20. The van der Waals surface area contributed by atoms with E-state index in [0.717, 1.165) is 18.7 Å². The van der Waals surface area contributed by atoms with Gasteiger partial charge >= 0.3 is 0 Å². The third-order valence-electron chi connectivity index (χ3n) is 3.53. The standard InChI is InChI=1S/C17H20FN/c1-3-19(13-15-7-5-4-6-8-15)14(2)16-9-11-17(18)12-10-16/h4-12,14H,3,13H2,1-2H3. The van der Waals surface area contributed by atoms with Crippen molar-refractivity contribution in [1.82, 2.24) is 4.90 Å². The van der Waals surface area contributed by atoms with Gasteiger partial charge in [0, 0.05) is 12.6 Å². The van der Waals surface area contributed by atoms with Crippen molar-refractivity contribution in [2.75, 3.05) is 6.54 Å². The van der Waals surface area contributed by atoms with Crippen LogP contribution in [0.25, 0.3) is 0 Å². The first kappa shape index (κ1) is 13.8. The average Bonchev–Trinajstić information content (AvgIpc) is 2.46. The molecule has 0 spiro atoms. The summed E-state index contributed by atoms with van der Waals surface area (Å²) in [6.07, 6.45) is 0. The van der Waals surface area contributed by atoms with Crippen molar-refractivity contribution in [3.63, 3.8) is 0 Å². The van der Waals surface area contributed by atoms with Crippen LogP contribution in [-0.2, 0) is 6.54 Å². The molecule has 1 unspecified atom stereocenters. The molecule has 2 heteroatoms. The number of halogens is 1. The molecular weight excluding hydrogens is 237 g/mol. The van der Waals surface area contributed by atoms with Gasteiger partial charge in [0.15, 0.2) is 0 Å². The normalized spacial score (nSPS) is 12.6. The van der Waals surface area contributed by atoms with Crippen molar-refractivity contribution in [2.45, 2.75) is 26.4 Å². The van der Waals surface area contributed by atoms with E-state index in [-0.39, 0.29) is 11.9 Å². The smallest absolute Gasteiger partial charge is 0.123 e. The molecule has 0 aromatic heterocycles. The van der Waals surface area contributed by atoms with Crippen molar-refractivity contribution in [2.24, 2.45) is 0 Å². The maximum absolute atomic E-state index is 13.0. The summed E-state index contributed by atoms with van der Waals surface area (Å²) in [6, 6.07) is 17.5. The van der Waals surface area contributed by atoms with Crippen LogP contribution < -0.4 is 0 Å². The predicted octanol–water partition coefficient (Wildman–Crippen LogP) is 4.41. The third kappa shape index (κ3) is 3.65. The highest BCUT2D eigenvalue weighted by Gasteiger charge is 2.14. The summed E-state index contributed by atoms with van der Waals surface area (Å²) in [5.41, 5.74) is 2.46. The molecule has 2 rings (SSSR count). The molecule has 2 aromatic rings. The SMILES string of the molecule is CCN(Cc1ccccc1)C(C)c1ccc(F)cc1. The first-order valence-electron chi connectivity index (χ1n) is 6.74. The third-order valence-corrected chi connectivity index (χ3v) is 3.53. The number of benzene rings is 2. The van der Waals surface area contributed by atoms with Crippen LogP contribution in [0.5, 0.6) is 0 Å². The van der Waals surface area contributed by atoms with Crippen molar-refractivity contribution >= 4 is 0 Å². The van der Waals surface area contributed by atoms with Gasteiger partial charge in [0.05, 0.1) is 0 Å². The maximum atomic E-state index is 13.0. The van der Waals surface area contributed by atoms with E-state index >= 15 is 0 Å². The minimum atomic E-state index is -0.179. The van der Waals surface area contributed by atoms with E-state index in [9.17, 15) is 4.39 Å². The fraction of sp³-hybridized carbons (Fsp3) is 0.294. The monoisotopic (exact) mass is 257 g/mol. The molecule has 19 heavy (non-hydrogen) atoms. The fourth-order valence-electron chi connectivity index (χ4n) is 2.29. The molecule has 1 atom stereocenters. The van der Waals surface area contributed by atoms with E-state index in [4.69, 9.17) is 0 Å². The lowest BCUT2D eigenvalue weighted by Gasteiger charge is -2.28. The molecule has 0 heterocycles. The second kappa shape index (κ2) is 6.48. The van der Waals surface area contributed by atoms with Crippen molar-refractivity contribution < 1.29 is 4.39 Å². The van der Waals surface area contributed by atoms with Gasteiger partial charge in [0.25, 0.3) is 0 Å². The van der Waals surface area contributed by atoms with Gasteiger partial charge in [-0.25, -0.2) is 4.39 Å². The Morgan fingerprint density at radius 1 is 1.00 bits per heavy atom. The second-order valence-electron chi connectivity index (χ2n) is 4.78. The van der Waals surface area contributed by atoms with Gasteiger partial charge in [0.2, 0.25) is 0 Å². The lowest BCUT2D eigenvalue weighted by molar-refractivity contribution is 0.213. The summed E-state index contributed by atoms with van der Waals surface area (Å²) in [6.45, 7) is 6.20. The van der Waals surface area contributed by atoms with Crippen LogP contribution in [0.15, 0.2) is 54.6 Å². The van der Waals surface area contributed by atoms with Crippen LogP contribution in [0, 0.1) is 5.82 Å². The Balaban J connectivity index is 2.11. The Hall–Kier alpha value is -1.67. The van der Waals surface area contributed by atoms with Gasteiger partial charge in [-0.2, -0.15) is 0 Å². The Bertz CT molecular complexity index is 492. The molecule has 0 fully saturated rings. The minimum Gasteiger partial charge on any atom is -0.293 e. The van der Waals surface area contributed by atoms with Gasteiger partial charge in [-0.05, 0) is 36.7 Å². The average molecular weight is 257 g/mol. The van der Waals surface area contributed by atoms with E-state index in [0.29, 0.717) is 0 Å². The molecule has 100 valence electrons. The quantitative estimate of drug-likeness (QED) is 0.767. The fourth-order valence-corrected chi connectivity index (χ4v) is 2.29. The predicted molar refractivity (Wildman–Crippen MR) is 77.3 cm³/mol. The van der Waals surface area contributed by atoms with E-state index in [1.54, 1.807) is 0 Å². The van der Waals surface area contributed by atoms with Gasteiger partial charge in [0.1, 0.15) is 5.82 Å².